The first-order valence-corrected chi connectivity index (χ1v) is 6.54. The molecule has 0 saturated heterocycles. The Balaban J connectivity index is 2.22. The van der Waals surface area contributed by atoms with Gasteiger partial charge in [-0.05, 0) is 24.3 Å². The van der Waals surface area contributed by atoms with Crippen molar-refractivity contribution in [1.82, 2.24) is 15.1 Å². The lowest BCUT2D eigenvalue weighted by Gasteiger charge is -1.94. The largest absolute Gasteiger partial charge is 0.355 e. The van der Waals surface area contributed by atoms with Gasteiger partial charge in [0.2, 0.25) is 0 Å². The summed E-state index contributed by atoms with van der Waals surface area (Å²) in [5.41, 5.74) is 1.54. The minimum Gasteiger partial charge on any atom is -0.257 e. The number of rotatable bonds is 3. The number of benzene rings is 2. The first-order chi connectivity index (χ1) is 10.8. The average molecular weight is 287 g/mol. The highest BCUT2D eigenvalue weighted by molar-refractivity contribution is 5.93. The molecule has 0 spiro atoms. The normalized spacial score (nSPS) is 9.77. The van der Waals surface area contributed by atoms with Gasteiger partial charge in [0.1, 0.15) is 11.8 Å². The molecule has 0 bridgehead atoms. The van der Waals surface area contributed by atoms with Crippen LogP contribution in [0.4, 0.5) is 0 Å². The zero-order chi connectivity index (χ0) is 15.4. The number of nitrogens with one attached hydrogen (secondary N) is 1. The summed E-state index contributed by atoms with van der Waals surface area (Å²) in [5.74, 6) is 2.38. The maximum atomic E-state index is 9.17. The first kappa shape index (κ1) is 13.4. The van der Waals surface area contributed by atoms with Gasteiger partial charge in [-0.1, -0.05) is 41.1 Å². The maximum Gasteiger partial charge on any atom is 0.355 e. The molecule has 3 aromatic rings. The Bertz CT molecular complexity index is 883. The van der Waals surface area contributed by atoms with Crippen LogP contribution in [0, 0.1) is 16.7 Å². The van der Waals surface area contributed by atoms with Crippen molar-refractivity contribution in [2.24, 2.45) is 0 Å². The van der Waals surface area contributed by atoms with Gasteiger partial charge in [-0.25, -0.2) is 0 Å². The second-order valence-electron chi connectivity index (χ2n) is 4.40. The van der Waals surface area contributed by atoms with E-state index in [9.17, 15) is 5.26 Å². The number of para-hydroxylation sites is 2. The number of nitrogens with zero attached hydrogens (tertiary/aromatic N) is 5. The molecule has 0 fully saturated rings. The molecule has 1 aromatic heterocycles. The van der Waals surface area contributed by atoms with Crippen LogP contribution in [-0.4, -0.2) is 21.0 Å². The highest BCUT2D eigenvalue weighted by atomic mass is 15.6. The fraction of sp³-hybridized carbons (Fsp3) is 0. The van der Waals surface area contributed by atoms with Crippen LogP contribution in [-0.2, 0) is 0 Å². The van der Waals surface area contributed by atoms with Gasteiger partial charge in [0.05, 0.1) is 10.3 Å². The Hall–Kier alpha value is -3.55. The lowest BCUT2D eigenvalue weighted by molar-refractivity contribution is -0.663. The van der Waals surface area contributed by atoms with E-state index in [1.807, 2.05) is 66.7 Å². The Morgan fingerprint density at radius 3 is 2.27 bits per heavy atom. The van der Waals surface area contributed by atoms with Crippen LogP contribution in [0.15, 0.2) is 60.7 Å². The van der Waals surface area contributed by atoms with Crippen LogP contribution in [0.5, 0.6) is 0 Å². The molecule has 1 heterocycles. The predicted molar refractivity (Wildman–Crippen MR) is 79.6 cm³/mol. The maximum absolute atomic E-state index is 9.17. The van der Waals surface area contributed by atoms with Crippen LogP contribution in [0.1, 0.15) is 5.82 Å². The van der Waals surface area contributed by atoms with Crippen molar-refractivity contribution in [2.45, 2.75) is 0 Å². The predicted octanol–water partition coefficient (Wildman–Crippen LogP) is 1.70. The molecule has 0 unspecified atom stereocenters. The van der Waals surface area contributed by atoms with Gasteiger partial charge >= 0.3 is 5.82 Å². The molecule has 0 aliphatic heterocycles. The number of aromatic nitrogens is 4. The lowest BCUT2D eigenvalue weighted by atomic mass is 10.3. The van der Waals surface area contributed by atoms with Crippen LogP contribution < -0.4 is 4.68 Å². The van der Waals surface area contributed by atoms with Gasteiger partial charge in [-0.15, -0.1) is 0 Å². The number of tetrazole rings is 1. The fourth-order valence-electron chi connectivity index (χ4n) is 1.98. The molecule has 0 atom stereocenters. The van der Waals surface area contributed by atoms with E-state index in [1.165, 1.54) is 9.48 Å². The van der Waals surface area contributed by atoms with Crippen LogP contribution in [0.2, 0.25) is 0 Å². The molecule has 0 aliphatic carbocycles. The molecule has 0 aliphatic rings. The number of hydrogen-bond acceptors (Lipinski definition) is 4. The second kappa shape index (κ2) is 5.83. The van der Waals surface area contributed by atoms with E-state index in [0.29, 0.717) is 0 Å². The van der Waals surface area contributed by atoms with E-state index in [0.717, 1.165) is 11.4 Å². The molecule has 6 heteroatoms. The van der Waals surface area contributed by atoms with Crippen molar-refractivity contribution >= 4 is 11.4 Å². The van der Waals surface area contributed by atoms with E-state index in [1.54, 1.807) is 0 Å². The van der Waals surface area contributed by atoms with Crippen LogP contribution >= 0.6 is 0 Å². The first-order valence-electron chi connectivity index (χ1n) is 6.54. The van der Waals surface area contributed by atoms with Gasteiger partial charge in [-0.3, -0.25) is 5.41 Å². The third-order valence-corrected chi connectivity index (χ3v) is 3.01. The van der Waals surface area contributed by atoms with E-state index in [4.69, 9.17) is 5.41 Å². The summed E-state index contributed by atoms with van der Waals surface area (Å²) in [4.78, 5) is 1.43. The van der Waals surface area contributed by atoms with Gasteiger partial charge < -0.3 is 0 Å². The number of nitriles is 1. The average Bonchev–Trinajstić information content (AvgIpc) is 3.03. The van der Waals surface area contributed by atoms with Crippen molar-refractivity contribution in [3.63, 3.8) is 0 Å². The molecule has 3 rings (SSSR count). The molecular weight excluding hydrogens is 276 g/mol. The minimum atomic E-state index is 0.0195. The Morgan fingerprint density at radius 2 is 1.68 bits per heavy atom. The molecule has 104 valence electrons. The molecule has 0 radical (unpaired) electrons. The Labute approximate surface area is 126 Å². The van der Waals surface area contributed by atoms with Crippen molar-refractivity contribution < 1.29 is 4.68 Å². The van der Waals surface area contributed by atoms with Gasteiger partial charge in [0.15, 0.2) is 11.3 Å². The zero-order valence-corrected chi connectivity index (χ0v) is 11.5. The SMILES string of the molecule is N#CC(=C=N)c1nn(-c2ccccc2)n[n+]1-c1ccccc1. The van der Waals surface area contributed by atoms with Gasteiger partial charge in [-0.2, -0.15) is 5.26 Å². The standard InChI is InChI=1S/C16H11N6/c17-11-13(12-18)16-19-22(15-9-5-2-6-10-15)20-21(16)14-7-3-1-4-8-14/h1-10,17H/q+1. The summed E-state index contributed by atoms with van der Waals surface area (Å²) in [6.07, 6.45) is 0. The molecule has 6 nitrogen and oxygen atoms in total. The zero-order valence-electron chi connectivity index (χ0n) is 11.5. The smallest absolute Gasteiger partial charge is 0.257 e. The number of hydrogen-bond donors (Lipinski definition) is 1. The summed E-state index contributed by atoms with van der Waals surface area (Å²) in [6.45, 7) is 0. The van der Waals surface area contributed by atoms with Gasteiger partial charge in [0.25, 0.3) is 0 Å². The van der Waals surface area contributed by atoms with Crippen molar-refractivity contribution in [1.29, 1.82) is 10.7 Å². The third-order valence-electron chi connectivity index (χ3n) is 3.01. The van der Waals surface area contributed by atoms with E-state index >= 15 is 0 Å². The van der Waals surface area contributed by atoms with Crippen molar-refractivity contribution in [3.8, 4) is 17.4 Å². The molecule has 1 N–H and O–H groups in total. The summed E-state index contributed by atoms with van der Waals surface area (Å²) in [6, 6.07) is 20.6. The van der Waals surface area contributed by atoms with E-state index in [-0.39, 0.29) is 11.4 Å². The second-order valence-corrected chi connectivity index (χ2v) is 4.40. The molecule has 22 heavy (non-hydrogen) atoms. The summed E-state index contributed by atoms with van der Waals surface area (Å²) in [5, 5.41) is 25.2. The molecular formula is C16H11N6+. The molecule has 0 amide bonds. The summed E-state index contributed by atoms with van der Waals surface area (Å²) in [7, 11) is 0. The summed E-state index contributed by atoms with van der Waals surface area (Å²) >= 11 is 0. The molecule has 0 saturated carbocycles. The highest BCUT2D eigenvalue weighted by Gasteiger charge is 2.25. The number of allylic oxidation sites excluding steroid dienone is 1. The fourth-order valence-corrected chi connectivity index (χ4v) is 1.98. The van der Waals surface area contributed by atoms with Crippen LogP contribution in [0.3, 0.4) is 0 Å². The Morgan fingerprint density at radius 1 is 1.05 bits per heavy atom. The molecule has 2 aromatic carbocycles. The highest BCUT2D eigenvalue weighted by Crippen LogP contribution is 2.08. The topological polar surface area (TPSA) is 82.2 Å². The van der Waals surface area contributed by atoms with Crippen molar-refractivity contribution in [3.05, 3.63) is 66.5 Å². The lowest BCUT2D eigenvalue weighted by Crippen LogP contribution is -2.37. The monoisotopic (exact) mass is 287 g/mol. The quantitative estimate of drug-likeness (QED) is 0.452. The Kier molecular flexibility index (Phi) is 3.56. The van der Waals surface area contributed by atoms with Crippen molar-refractivity contribution in [2.75, 3.05) is 0 Å². The minimum absolute atomic E-state index is 0.0195. The van der Waals surface area contributed by atoms with Crippen LogP contribution in [0.25, 0.3) is 16.9 Å². The van der Waals surface area contributed by atoms with Gasteiger partial charge in [0, 0.05) is 10.7 Å². The van der Waals surface area contributed by atoms with E-state index in [2.05, 4.69) is 16.2 Å². The summed E-state index contributed by atoms with van der Waals surface area (Å²) < 4.78 is 1.52. The van der Waals surface area contributed by atoms with E-state index < -0.39 is 0 Å². The third kappa shape index (κ3) is 2.40.